The lowest BCUT2D eigenvalue weighted by Gasteiger charge is -2.15. The molecule has 7 nitrogen and oxygen atoms in total. The fraction of sp³-hybridized carbons (Fsp3) is 0.500. The first kappa shape index (κ1) is 21.6. The van der Waals surface area contributed by atoms with Gasteiger partial charge in [-0.15, -0.1) is 10.2 Å². The quantitative estimate of drug-likeness (QED) is 0.618. The molecule has 1 saturated carbocycles. The second kappa shape index (κ2) is 10.1. The zero-order valence-electron chi connectivity index (χ0n) is 16.7. The number of carbonyl (C=O) groups is 2. The highest BCUT2D eigenvalue weighted by atomic mass is 35.5. The lowest BCUT2D eigenvalue weighted by atomic mass is 10.2. The van der Waals surface area contributed by atoms with Crippen LogP contribution in [0.4, 0.5) is 0 Å². The van der Waals surface area contributed by atoms with Gasteiger partial charge in [0.2, 0.25) is 5.91 Å². The van der Waals surface area contributed by atoms with E-state index in [0.29, 0.717) is 39.9 Å². The molecule has 1 aromatic carbocycles. The molecule has 0 saturated heterocycles. The minimum absolute atomic E-state index is 0.0261. The van der Waals surface area contributed by atoms with E-state index in [4.69, 9.17) is 11.6 Å². The molecule has 1 heterocycles. The van der Waals surface area contributed by atoms with Crippen molar-refractivity contribution in [1.29, 1.82) is 0 Å². The van der Waals surface area contributed by atoms with Crippen molar-refractivity contribution in [2.75, 3.05) is 5.75 Å². The van der Waals surface area contributed by atoms with Crippen LogP contribution in [0.15, 0.2) is 29.4 Å². The molecule has 0 spiro atoms. The summed E-state index contributed by atoms with van der Waals surface area (Å²) in [7, 11) is 0. The molecule has 29 heavy (non-hydrogen) atoms. The first-order valence-electron chi connectivity index (χ1n) is 9.89. The summed E-state index contributed by atoms with van der Waals surface area (Å²) in [6.45, 7) is 4.50. The molecule has 1 aromatic heterocycles. The molecule has 0 unspecified atom stereocenters. The highest BCUT2D eigenvalue weighted by molar-refractivity contribution is 7.99. The van der Waals surface area contributed by atoms with E-state index in [-0.39, 0.29) is 17.9 Å². The second-order valence-electron chi connectivity index (χ2n) is 7.12. The maximum atomic E-state index is 12.5. The van der Waals surface area contributed by atoms with Crippen LogP contribution in [-0.4, -0.2) is 38.4 Å². The van der Waals surface area contributed by atoms with Crippen LogP contribution < -0.4 is 10.6 Å². The van der Waals surface area contributed by atoms with Crippen LogP contribution in [0.2, 0.25) is 5.02 Å². The molecule has 2 aromatic rings. The first-order valence-corrected chi connectivity index (χ1v) is 11.3. The Kier molecular flexibility index (Phi) is 7.55. The lowest BCUT2D eigenvalue weighted by Crippen LogP contribution is -2.33. The number of carbonyl (C=O) groups excluding carboxylic acids is 2. The number of nitrogens with zero attached hydrogens (tertiary/aromatic N) is 3. The van der Waals surface area contributed by atoms with Gasteiger partial charge in [0.25, 0.3) is 5.91 Å². The molecule has 2 amide bonds. The summed E-state index contributed by atoms with van der Waals surface area (Å²) < 4.78 is 1.93. The van der Waals surface area contributed by atoms with E-state index in [0.717, 1.165) is 12.8 Å². The van der Waals surface area contributed by atoms with Gasteiger partial charge in [0, 0.05) is 23.2 Å². The number of benzene rings is 1. The van der Waals surface area contributed by atoms with Crippen LogP contribution in [0.1, 0.15) is 61.8 Å². The van der Waals surface area contributed by atoms with Gasteiger partial charge in [0.15, 0.2) is 11.0 Å². The Morgan fingerprint density at radius 2 is 1.93 bits per heavy atom. The number of nitrogens with one attached hydrogen (secondary N) is 2. The minimum atomic E-state index is -0.327. The molecule has 0 bridgehead atoms. The summed E-state index contributed by atoms with van der Waals surface area (Å²) >= 11 is 7.24. The highest BCUT2D eigenvalue weighted by Gasteiger charge is 2.21. The van der Waals surface area contributed by atoms with Gasteiger partial charge in [-0.2, -0.15) is 0 Å². The molecule has 1 aliphatic rings. The fourth-order valence-corrected chi connectivity index (χ4v) is 4.39. The van der Waals surface area contributed by atoms with Gasteiger partial charge in [0.1, 0.15) is 0 Å². The SMILES string of the molecule is CCn1c(SCC(=O)NC2CCCC2)nnc1[C@H](C)NC(=O)c1ccc(Cl)cc1. The Bertz CT molecular complexity index is 849. The highest BCUT2D eigenvalue weighted by Crippen LogP contribution is 2.22. The van der Waals surface area contributed by atoms with Crippen molar-refractivity contribution in [2.24, 2.45) is 0 Å². The van der Waals surface area contributed by atoms with E-state index in [1.165, 1.54) is 24.6 Å². The molecule has 9 heteroatoms. The van der Waals surface area contributed by atoms with Crippen molar-refractivity contribution in [3.63, 3.8) is 0 Å². The van der Waals surface area contributed by atoms with Gasteiger partial charge in [-0.3, -0.25) is 9.59 Å². The fourth-order valence-electron chi connectivity index (χ4n) is 3.44. The summed E-state index contributed by atoms with van der Waals surface area (Å²) in [6.07, 6.45) is 4.50. The third kappa shape index (κ3) is 5.73. The Labute approximate surface area is 180 Å². The summed E-state index contributed by atoms with van der Waals surface area (Å²) in [5.41, 5.74) is 0.530. The number of thioether (sulfide) groups is 1. The van der Waals surface area contributed by atoms with Crippen LogP contribution in [0, 0.1) is 0 Å². The third-order valence-corrected chi connectivity index (χ3v) is 6.17. The number of hydrogen-bond acceptors (Lipinski definition) is 5. The first-order chi connectivity index (χ1) is 14.0. The van der Waals surface area contributed by atoms with Crippen molar-refractivity contribution in [1.82, 2.24) is 25.4 Å². The van der Waals surface area contributed by atoms with E-state index in [2.05, 4.69) is 20.8 Å². The van der Waals surface area contributed by atoms with Crippen molar-refractivity contribution in [3.8, 4) is 0 Å². The van der Waals surface area contributed by atoms with Gasteiger partial charge in [-0.05, 0) is 51.0 Å². The summed E-state index contributed by atoms with van der Waals surface area (Å²) in [4.78, 5) is 24.6. The molecule has 1 fully saturated rings. The standard InChI is InChI=1S/C20H26ClN5O2S/c1-3-26-18(13(2)22-19(28)14-8-10-15(21)11-9-14)24-25-20(26)29-12-17(27)23-16-6-4-5-7-16/h8-11,13,16H,3-7,12H2,1-2H3,(H,22,28)(H,23,27)/t13-/m0/s1. The molecule has 0 aliphatic heterocycles. The molecule has 1 aliphatic carbocycles. The predicted molar refractivity (Wildman–Crippen MR) is 114 cm³/mol. The number of aromatic nitrogens is 3. The van der Waals surface area contributed by atoms with Gasteiger partial charge in [-0.1, -0.05) is 36.2 Å². The predicted octanol–water partition coefficient (Wildman–Crippen LogP) is 3.59. The van der Waals surface area contributed by atoms with Crippen LogP contribution in [0.25, 0.3) is 0 Å². The average Bonchev–Trinajstić information content (AvgIpc) is 3.36. The Hall–Kier alpha value is -2.06. The van der Waals surface area contributed by atoms with Gasteiger partial charge in [-0.25, -0.2) is 0 Å². The van der Waals surface area contributed by atoms with E-state index < -0.39 is 0 Å². The zero-order chi connectivity index (χ0) is 20.8. The Morgan fingerprint density at radius 1 is 1.24 bits per heavy atom. The van der Waals surface area contributed by atoms with E-state index in [1.807, 2.05) is 18.4 Å². The smallest absolute Gasteiger partial charge is 0.251 e. The number of rotatable bonds is 8. The van der Waals surface area contributed by atoms with Crippen LogP contribution in [0.5, 0.6) is 0 Å². The normalized spacial score (nSPS) is 15.3. The maximum Gasteiger partial charge on any atom is 0.251 e. The van der Waals surface area contributed by atoms with E-state index in [9.17, 15) is 9.59 Å². The Morgan fingerprint density at radius 3 is 2.59 bits per heavy atom. The van der Waals surface area contributed by atoms with Gasteiger partial charge >= 0.3 is 0 Å². The van der Waals surface area contributed by atoms with Crippen molar-refractivity contribution < 1.29 is 9.59 Å². The number of amides is 2. The van der Waals surface area contributed by atoms with E-state index >= 15 is 0 Å². The molecular formula is C20H26ClN5O2S. The summed E-state index contributed by atoms with van der Waals surface area (Å²) in [6, 6.07) is 6.71. The Balaban J connectivity index is 1.59. The van der Waals surface area contributed by atoms with E-state index in [1.54, 1.807) is 24.3 Å². The zero-order valence-corrected chi connectivity index (χ0v) is 18.2. The topological polar surface area (TPSA) is 88.9 Å². The molecule has 0 radical (unpaired) electrons. The molecule has 156 valence electrons. The second-order valence-corrected chi connectivity index (χ2v) is 8.50. The molecule has 3 rings (SSSR count). The largest absolute Gasteiger partial charge is 0.353 e. The molecular weight excluding hydrogens is 410 g/mol. The van der Waals surface area contributed by atoms with Crippen LogP contribution in [0.3, 0.4) is 0 Å². The monoisotopic (exact) mass is 435 g/mol. The van der Waals surface area contributed by atoms with Crippen molar-refractivity contribution >= 4 is 35.2 Å². The van der Waals surface area contributed by atoms with Crippen LogP contribution in [-0.2, 0) is 11.3 Å². The minimum Gasteiger partial charge on any atom is -0.353 e. The summed E-state index contributed by atoms with van der Waals surface area (Å²) in [5.74, 6) is 0.789. The van der Waals surface area contributed by atoms with Gasteiger partial charge in [0.05, 0.1) is 11.8 Å². The number of hydrogen-bond donors (Lipinski definition) is 2. The van der Waals surface area contributed by atoms with Crippen LogP contribution >= 0.6 is 23.4 Å². The van der Waals surface area contributed by atoms with Gasteiger partial charge < -0.3 is 15.2 Å². The number of halogens is 1. The van der Waals surface area contributed by atoms with Crippen molar-refractivity contribution in [3.05, 3.63) is 40.7 Å². The molecule has 1 atom stereocenters. The lowest BCUT2D eigenvalue weighted by molar-refractivity contribution is -0.119. The third-order valence-electron chi connectivity index (χ3n) is 4.96. The summed E-state index contributed by atoms with van der Waals surface area (Å²) in [5, 5.41) is 15.8. The average molecular weight is 436 g/mol. The molecule has 2 N–H and O–H groups in total. The van der Waals surface area contributed by atoms with Crippen molar-refractivity contribution in [2.45, 2.75) is 63.3 Å². The maximum absolute atomic E-state index is 12.5.